The largest absolute Gasteiger partial charge is 0.496 e. The molecule has 0 spiro atoms. The highest BCUT2D eigenvalue weighted by Gasteiger charge is 2.46. The molecule has 0 bridgehead atoms. The Balaban J connectivity index is 1.72. The number of morpholine rings is 1. The number of carbonyl (C=O) groups is 2. The van der Waals surface area contributed by atoms with E-state index in [1.165, 1.54) is 4.90 Å². The summed E-state index contributed by atoms with van der Waals surface area (Å²) in [5, 5.41) is 0.598. The van der Waals surface area contributed by atoms with Crippen molar-refractivity contribution in [1.29, 1.82) is 0 Å². The second-order valence-corrected chi connectivity index (χ2v) is 5.70. The van der Waals surface area contributed by atoms with Crippen LogP contribution in [0.25, 0.3) is 0 Å². The summed E-state index contributed by atoms with van der Waals surface area (Å²) in [5.41, 5.74) is 0.872. The number of amides is 3. The molecule has 0 radical (unpaired) electrons. The number of rotatable bonds is 4. The number of hydrogen-bond acceptors (Lipinski definition) is 4. The predicted octanol–water partition coefficient (Wildman–Crippen LogP) is 1.55. The van der Waals surface area contributed by atoms with E-state index in [0.29, 0.717) is 36.9 Å². The number of imide groups is 1. The molecule has 0 unspecified atom stereocenters. The van der Waals surface area contributed by atoms with Crippen molar-refractivity contribution in [2.24, 2.45) is 0 Å². The van der Waals surface area contributed by atoms with E-state index in [9.17, 15) is 9.59 Å². The first-order valence-corrected chi connectivity index (χ1v) is 7.51. The fourth-order valence-electron chi connectivity index (χ4n) is 2.85. The first kappa shape index (κ1) is 15.1. The van der Waals surface area contributed by atoms with E-state index in [0.717, 1.165) is 5.56 Å². The van der Waals surface area contributed by atoms with Crippen molar-refractivity contribution in [1.82, 2.24) is 9.80 Å². The summed E-state index contributed by atoms with van der Waals surface area (Å²) in [6, 6.07) is 4.61. The minimum Gasteiger partial charge on any atom is -0.496 e. The van der Waals surface area contributed by atoms with Crippen molar-refractivity contribution in [3.8, 4) is 5.75 Å². The van der Waals surface area contributed by atoms with Gasteiger partial charge >= 0.3 is 6.03 Å². The van der Waals surface area contributed by atoms with Gasteiger partial charge in [0.05, 0.1) is 20.3 Å². The van der Waals surface area contributed by atoms with Gasteiger partial charge in [0.25, 0.3) is 5.91 Å². The number of urea groups is 1. The molecule has 7 heteroatoms. The third-order valence-corrected chi connectivity index (χ3v) is 4.24. The Morgan fingerprint density at radius 3 is 2.95 bits per heavy atom. The molecule has 2 saturated heterocycles. The molecule has 2 heterocycles. The SMILES string of the molecule is COc1ccc(Cl)cc1CCN1C(=O)[C@H]2COCCN2C1=O. The van der Waals surface area contributed by atoms with Gasteiger partial charge in [-0.2, -0.15) is 0 Å². The number of fused-ring (bicyclic) bond motifs is 1. The first-order chi connectivity index (χ1) is 10.6. The van der Waals surface area contributed by atoms with E-state index < -0.39 is 6.04 Å². The first-order valence-electron chi connectivity index (χ1n) is 7.14. The molecule has 2 aliphatic rings. The van der Waals surface area contributed by atoms with Gasteiger partial charge in [0.1, 0.15) is 11.8 Å². The van der Waals surface area contributed by atoms with Crippen LogP contribution in [0.3, 0.4) is 0 Å². The molecular weight excluding hydrogens is 308 g/mol. The van der Waals surface area contributed by atoms with Gasteiger partial charge in [-0.3, -0.25) is 9.69 Å². The molecule has 3 rings (SSSR count). The van der Waals surface area contributed by atoms with Crippen molar-refractivity contribution < 1.29 is 19.1 Å². The molecule has 2 fully saturated rings. The summed E-state index contributed by atoms with van der Waals surface area (Å²) in [4.78, 5) is 27.5. The summed E-state index contributed by atoms with van der Waals surface area (Å²) in [6.07, 6.45) is 0.503. The molecule has 0 saturated carbocycles. The van der Waals surface area contributed by atoms with E-state index in [-0.39, 0.29) is 18.5 Å². The van der Waals surface area contributed by atoms with Gasteiger partial charge in [-0.15, -0.1) is 0 Å². The molecular formula is C15H17ClN2O4. The van der Waals surface area contributed by atoms with Gasteiger partial charge in [0, 0.05) is 18.1 Å². The smallest absolute Gasteiger partial charge is 0.327 e. The number of benzene rings is 1. The van der Waals surface area contributed by atoms with Crippen molar-refractivity contribution in [2.75, 3.05) is 33.4 Å². The Hall–Kier alpha value is -1.79. The molecule has 0 aromatic heterocycles. The number of methoxy groups -OCH3 is 1. The van der Waals surface area contributed by atoms with Gasteiger partial charge in [0.15, 0.2) is 0 Å². The van der Waals surface area contributed by atoms with Gasteiger partial charge in [-0.1, -0.05) is 11.6 Å². The molecule has 0 N–H and O–H groups in total. The minimum atomic E-state index is -0.470. The fourth-order valence-corrected chi connectivity index (χ4v) is 3.04. The summed E-state index contributed by atoms with van der Waals surface area (Å²) < 4.78 is 10.6. The summed E-state index contributed by atoms with van der Waals surface area (Å²) >= 11 is 6.00. The molecule has 1 aromatic carbocycles. The molecule has 118 valence electrons. The molecule has 22 heavy (non-hydrogen) atoms. The number of ether oxygens (including phenoxy) is 2. The van der Waals surface area contributed by atoms with E-state index in [1.54, 1.807) is 30.2 Å². The highest BCUT2D eigenvalue weighted by atomic mass is 35.5. The molecule has 6 nitrogen and oxygen atoms in total. The van der Waals surface area contributed by atoms with Crippen LogP contribution in [0.1, 0.15) is 5.56 Å². The lowest BCUT2D eigenvalue weighted by Crippen LogP contribution is -2.45. The van der Waals surface area contributed by atoms with Gasteiger partial charge in [0.2, 0.25) is 0 Å². The number of hydrogen-bond donors (Lipinski definition) is 0. The predicted molar refractivity (Wildman–Crippen MR) is 80.1 cm³/mol. The Morgan fingerprint density at radius 2 is 2.23 bits per heavy atom. The van der Waals surface area contributed by atoms with Crippen molar-refractivity contribution in [3.05, 3.63) is 28.8 Å². The van der Waals surface area contributed by atoms with Crippen molar-refractivity contribution >= 4 is 23.5 Å². The quantitative estimate of drug-likeness (QED) is 0.789. The standard InChI is InChI=1S/C15H17ClN2O4/c1-21-13-3-2-11(16)8-10(13)4-5-18-14(19)12-9-22-7-6-17(12)15(18)20/h2-3,8,12H,4-7,9H2,1H3/t12-/m1/s1. The Bertz CT molecular complexity index is 583. The number of halogens is 1. The minimum absolute atomic E-state index is 0.189. The highest BCUT2D eigenvalue weighted by molar-refractivity contribution is 6.30. The number of nitrogens with zero attached hydrogens (tertiary/aromatic N) is 2. The monoisotopic (exact) mass is 324 g/mol. The van der Waals surface area contributed by atoms with Crippen LogP contribution in [0.5, 0.6) is 5.75 Å². The van der Waals surface area contributed by atoms with Crippen molar-refractivity contribution in [3.63, 3.8) is 0 Å². The van der Waals surface area contributed by atoms with Crippen LogP contribution in [0.4, 0.5) is 4.79 Å². The Kier molecular flexibility index (Phi) is 4.22. The number of carbonyl (C=O) groups excluding carboxylic acids is 2. The Morgan fingerprint density at radius 1 is 1.41 bits per heavy atom. The van der Waals surface area contributed by atoms with Crippen LogP contribution in [0.15, 0.2) is 18.2 Å². The Labute approximate surface area is 133 Å². The maximum absolute atomic E-state index is 12.3. The van der Waals surface area contributed by atoms with E-state index >= 15 is 0 Å². The van der Waals surface area contributed by atoms with Gasteiger partial charge < -0.3 is 14.4 Å². The average Bonchev–Trinajstić information content (AvgIpc) is 2.77. The van der Waals surface area contributed by atoms with E-state index in [4.69, 9.17) is 21.1 Å². The second-order valence-electron chi connectivity index (χ2n) is 5.26. The average molecular weight is 325 g/mol. The van der Waals surface area contributed by atoms with Crippen LogP contribution in [0, 0.1) is 0 Å². The van der Waals surface area contributed by atoms with Crippen LogP contribution in [-0.4, -0.2) is 61.2 Å². The molecule has 0 aliphatic carbocycles. The molecule has 3 amide bonds. The maximum atomic E-state index is 12.3. The summed E-state index contributed by atoms with van der Waals surface area (Å²) in [6.45, 7) is 1.53. The maximum Gasteiger partial charge on any atom is 0.327 e. The summed E-state index contributed by atoms with van der Waals surface area (Å²) in [7, 11) is 1.58. The van der Waals surface area contributed by atoms with Gasteiger partial charge in [-0.05, 0) is 30.2 Å². The lowest BCUT2D eigenvalue weighted by Gasteiger charge is -2.26. The second kappa shape index (κ2) is 6.14. The molecule has 1 atom stereocenters. The van der Waals surface area contributed by atoms with Gasteiger partial charge in [-0.25, -0.2) is 4.79 Å². The van der Waals surface area contributed by atoms with Crippen LogP contribution < -0.4 is 4.74 Å². The zero-order chi connectivity index (χ0) is 15.7. The lowest BCUT2D eigenvalue weighted by atomic mass is 10.1. The topological polar surface area (TPSA) is 59.1 Å². The summed E-state index contributed by atoms with van der Waals surface area (Å²) in [5.74, 6) is 0.509. The third kappa shape index (κ3) is 2.64. The van der Waals surface area contributed by atoms with E-state index in [1.807, 2.05) is 0 Å². The van der Waals surface area contributed by atoms with Crippen molar-refractivity contribution in [2.45, 2.75) is 12.5 Å². The fraction of sp³-hybridized carbons (Fsp3) is 0.467. The van der Waals surface area contributed by atoms with Crippen LogP contribution >= 0.6 is 11.6 Å². The lowest BCUT2D eigenvalue weighted by molar-refractivity contribution is -0.131. The van der Waals surface area contributed by atoms with Crippen LogP contribution in [0.2, 0.25) is 5.02 Å². The molecule has 1 aromatic rings. The normalized spacial score (nSPS) is 21.3. The zero-order valence-electron chi connectivity index (χ0n) is 12.3. The van der Waals surface area contributed by atoms with E-state index in [2.05, 4.69) is 0 Å². The van der Waals surface area contributed by atoms with Crippen LogP contribution in [-0.2, 0) is 16.0 Å². The highest BCUT2D eigenvalue weighted by Crippen LogP contribution is 2.25. The molecule has 2 aliphatic heterocycles. The zero-order valence-corrected chi connectivity index (χ0v) is 13.0. The third-order valence-electron chi connectivity index (χ3n) is 4.00.